The maximum Gasteiger partial charge on any atom is 0.174 e. The fourth-order valence-electron chi connectivity index (χ4n) is 1.95. The van der Waals surface area contributed by atoms with Gasteiger partial charge in [0.05, 0.1) is 17.3 Å². The second kappa shape index (κ2) is 7.07. The highest BCUT2D eigenvalue weighted by atomic mass is 79.9. The minimum Gasteiger partial charge on any atom is -0.457 e. The third-order valence-corrected chi connectivity index (χ3v) is 4.83. The molecule has 0 saturated carbocycles. The van der Waals surface area contributed by atoms with Crippen LogP contribution in [0.5, 0.6) is 0 Å². The van der Waals surface area contributed by atoms with E-state index in [0.717, 1.165) is 18.5 Å². The van der Waals surface area contributed by atoms with Gasteiger partial charge in [0.1, 0.15) is 5.82 Å². The summed E-state index contributed by atoms with van der Waals surface area (Å²) >= 11 is 12.5. The van der Waals surface area contributed by atoms with E-state index in [4.69, 9.17) is 16.0 Å². The van der Waals surface area contributed by atoms with Crippen molar-refractivity contribution < 1.29 is 8.81 Å². The highest BCUT2D eigenvalue weighted by Crippen LogP contribution is 2.35. The average molecular weight is 426 g/mol. The Kier molecular flexibility index (Phi) is 5.66. The Morgan fingerprint density at radius 1 is 1.30 bits per heavy atom. The van der Waals surface area contributed by atoms with Gasteiger partial charge in [-0.1, -0.05) is 24.6 Å². The van der Waals surface area contributed by atoms with Crippen molar-refractivity contribution in [2.75, 3.05) is 6.54 Å². The smallest absolute Gasteiger partial charge is 0.174 e. The molecule has 20 heavy (non-hydrogen) atoms. The number of halogens is 4. The van der Waals surface area contributed by atoms with Crippen molar-refractivity contribution in [2.24, 2.45) is 0 Å². The zero-order chi connectivity index (χ0) is 14.7. The van der Waals surface area contributed by atoms with E-state index in [1.807, 2.05) is 6.07 Å². The molecular weight excluding hydrogens is 412 g/mol. The predicted octanol–water partition coefficient (Wildman–Crippen LogP) is 5.69. The molecule has 0 spiro atoms. The lowest BCUT2D eigenvalue weighted by atomic mass is 10.0. The van der Waals surface area contributed by atoms with Gasteiger partial charge in [0, 0.05) is 15.6 Å². The van der Waals surface area contributed by atoms with Crippen molar-refractivity contribution in [3.05, 3.63) is 55.6 Å². The molecule has 6 heteroatoms. The van der Waals surface area contributed by atoms with Crippen LogP contribution in [0.4, 0.5) is 4.39 Å². The Balaban J connectivity index is 2.47. The summed E-state index contributed by atoms with van der Waals surface area (Å²) in [5, 5.41) is 3.40. The molecule has 1 N–H and O–H groups in total. The maximum absolute atomic E-state index is 14.4. The van der Waals surface area contributed by atoms with E-state index in [2.05, 4.69) is 44.1 Å². The summed E-state index contributed by atoms with van der Waals surface area (Å²) in [5.74, 6) is -0.428. The third-order valence-electron chi connectivity index (χ3n) is 2.93. The van der Waals surface area contributed by atoms with Crippen LogP contribution in [0.15, 0.2) is 38.0 Å². The van der Waals surface area contributed by atoms with Gasteiger partial charge in [0.2, 0.25) is 0 Å². The first-order valence-electron chi connectivity index (χ1n) is 6.16. The molecule has 0 fully saturated rings. The number of benzene rings is 1. The van der Waals surface area contributed by atoms with Crippen molar-refractivity contribution in [1.29, 1.82) is 0 Å². The van der Waals surface area contributed by atoms with Crippen LogP contribution in [0.3, 0.4) is 0 Å². The van der Waals surface area contributed by atoms with Gasteiger partial charge in [-0.05, 0) is 57.0 Å². The summed E-state index contributed by atoms with van der Waals surface area (Å²) in [5.41, 5.74) is 1.34. The van der Waals surface area contributed by atoms with Gasteiger partial charge in [-0.2, -0.15) is 0 Å². The molecule has 2 rings (SSSR count). The van der Waals surface area contributed by atoms with E-state index in [-0.39, 0.29) is 11.1 Å². The molecule has 0 aliphatic heterocycles. The van der Waals surface area contributed by atoms with Crippen LogP contribution in [0.25, 0.3) is 0 Å². The number of rotatable bonds is 5. The molecule has 1 atom stereocenters. The minimum absolute atomic E-state index is 0.0883. The number of furan rings is 1. The number of nitrogens with one attached hydrogen (secondary N) is 1. The lowest BCUT2D eigenvalue weighted by Gasteiger charge is -2.19. The summed E-state index contributed by atoms with van der Waals surface area (Å²) in [7, 11) is 0. The standard InChI is InChI=1S/C14H13Br2ClFNO/c1-2-6-19-13(9-5-7-20-14(9)16)8-3-4-10(15)11(17)12(8)18/h3-5,7,13,19H,2,6H2,1H3. The highest BCUT2D eigenvalue weighted by molar-refractivity contribution is 9.10. The second-order valence-electron chi connectivity index (χ2n) is 4.30. The van der Waals surface area contributed by atoms with Crippen LogP contribution in [-0.4, -0.2) is 6.54 Å². The highest BCUT2D eigenvalue weighted by Gasteiger charge is 2.23. The summed E-state index contributed by atoms with van der Waals surface area (Å²) in [6.45, 7) is 2.81. The van der Waals surface area contributed by atoms with E-state index in [0.29, 0.717) is 14.7 Å². The van der Waals surface area contributed by atoms with Gasteiger partial charge in [-0.15, -0.1) is 0 Å². The van der Waals surface area contributed by atoms with Gasteiger partial charge < -0.3 is 9.73 Å². The molecule has 0 amide bonds. The van der Waals surface area contributed by atoms with Crippen molar-refractivity contribution in [2.45, 2.75) is 19.4 Å². The van der Waals surface area contributed by atoms with Crippen LogP contribution in [0, 0.1) is 5.82 Å². The minimum atomic E-state index is -0.428. The van der Waals surface area contributed by atoms with Crippen molar-refractivity contribution in [3.8, 4) is 0 Å². The van der Waals surface area contributed by atoms with Crippen molar-refractivity contribution in [1.82, 2.24) is 5.32 Å². The fourth-order valence-corrected chi connectivity index (χ4v) is 2.90. The van der Waals surface area contributed by atoms with Gasteiger partial charge in [-0.25, -0.2) is 4.39 Å². The SMILES string of the molecule is CCCNC(c1ccoc1Br)c1ccc(Br)c(Cl)c1F. The molecule has 2 nitrogen and oxygen atoms in total. The van der Waals surface area contributed by atoms with Gasteiger partial charge in [0.15, 0.2) is 4.67 Å². The van der Waals surface area contributed by atoms with E-state index >= 15 is 0 Å². The largest absolute Gasteiger partial charge is 0.457 e. The molecule has 1 aromatic carbocycles. The Bertz CT molecular complexity index is 603. The van der Waals surface area contributed by atoms with Crippen LogP contribution in [-0.2, 0) is 0 Å². The van der Waals surface area contributed by atoms with Crippen LogP contribution >= 0.6 is 43.5 Å². The molecule has 2 aromatic rings. The second-order valence-corrected chi connectivity index (χ2v) is 6.25. The quantitative estimate of drug-likeness (QED) is 0.623. The van der Waals surface area contributed by atoms with E-state index in [1.165, 1.54) is 0 Å². The maximum atomic E-state index is 14.4. The Morgan fingerprint density at radius 2 is 2.05 bits per heavy atom. The summed E-state index contributed by atoms with van der Waals surface area (Å²) < 4.78 is 20.8. The molecule has 1 unspecified atom stereocenters. The van der Waals surface area contributed by atoms with E-state index in [1.54, 1.807) is 18.4 Å². The molecule has 0 saturated heterocycles. The number of hydrogen-bond acceptors (Lipinski definition) is 2. The molecule has 0 aliphatic rings. The van der Waals surface area contributed by atoms with Crippen molar-refractivity contribution in [3.63, 3.8) is 0 Å². The fraction of sp³-hybridized carbons (Fsp3) is 0.286. The van der Waals surface area contributed by atoms with Crippen LogP contribution in [0.2, 0.25) is 5.02 Å². The predicted molar refractivity (Wildman–Crippen MR) is 85.7 cm³/mol. The van der Waals surface area contributed by atoms with Gasteiger partial charge in [0.25, 0.3) is 0 Å². The lowest BCUT2D eigenvalue weighted by molar-refractivity contribution is 0.513. The monoisotopic (exact) mass is 423 g/mol. The van der Waals surface area contributed by atoms with E-state index < -0.39 is 5.82 Å². The van der Waals surface area contributed by atoms with Gasteiger partial charge in [-0.3, -0.25) is 0 Å². The normalized spacial score (nSPS) is 12.7. The molecule has 1 heterocycles. The number of hydrogen-bond donors (Lipinski definition) is 1. The van der Waals surface area contributed by atoms with Gasteiger partial charge >= 0.3 is 0 Å². The molecular formula is C14H13Br2ClFNO. The molecule has 1 aromatic heterocycles. The Hall–Kier alpha value is -0.360. The van der Waals surface area contributed by atoms with Crippen molar-refractivity contribution >= 4 is 43.5 Å². The first kappa shape index (κ1) is 16.0. The van der Waals surface area contributed by atoms with Crippen LogP contribution < -0.4 is 5.32 Å². The average Bonchev–Trinajstić information content (AvgIpc) is 2.85. The topological polar surface area (TPSA) is 25.2 Å². The third kappa shape index (κ3) is 3.27. The summed E-state index contributed by atoms with van der Waals surface area (Å²) in [4.78, 5) is 0. The summed E-state index contributed by atoms with van der Waals surface area (Å²) in [6.07, 6.45) is 2.51. The van der Waals surface area contributed by atoms with Crippen LogP contribution in [0.1, 0.15) is 30.5 Å². The van der Waals surface area contributed by atoms with E-state index in [9.17, 15) is 4.39 Å². The zero-order valence-corrected chi connectivity index (χ0v) is 14.6. The first-order valence-corrected chi connectivity index (χ1v) is 8.12. The first-order chi connectivity index (χ1) is 9.56. The molecule has 0 radical (unpaired) electrons. The molecule has 0 aliphatic carbocycles. The summed E-state index contributed by atoms with van der Waals surface area (Å²) in [6, 6.07) is 4.97. The Labute approximate surface area is 138 Å². The lowest BCUT2D eigenvalue weighted by Crippen LogP contribution is -2.24. The molecule has 108 valence electrons. The Morgan fingerprint density at radius 3 is 2.65 bits per heavy atom. The zero-order valence-electron chi connectivity index (χ0n) is 10.7. The molecule has 0 bridgehead atoms.